The number of unbranched alkanes of at least 4 members (excludes halogenated alkanes) is 17. The van der Waals surface area contributed by atoms with E-state index in [1.807, 2.05) is 0 Å². The summed E-state index contributed by atoms with van der Waals surface area (Å²) in [5.41, 5.74) is 1.54. The van der Waals surface area contributed by atoms with Gasteiger partial charge in [-0.25, -0.2) is 0 Å². The zero-order chi connectivity index (χ0) is 21.8. The van der Waals surface area contributed by atoms with Crippen molar-refractivity contribution < 1.29 is 12.4 Å². The molecule has 0 saturated carbocycles. The minimum absolute atomic E-state index is 0. The van der Waals surface area contributed by atoms with Crippen LogP contribution in [0.1, 0.15) is 128 Å². The lowest BCUT2D eigenvalue weighted by atomic mass is 10.0. The Morgan fingerprint density at radius 2 is 0.871 bits per heavy atom. The lowest BCUT2D eigenvalue weighted by Crippen LogP contribution is -3.00. The van der Waals surface area contributed by atoms with Crippen LogP contribution in [0.25, 0.3) is 0 Å². The van der Waals surface area contributed by atoms with Crippen molar-refractivity contribution in [3.8, 4) is 0 Å². The first-order valence-corrected chi connectivity index (χ1v) is 16.6. The smallest absolute Gasteiger partial charge is 0.0837 e. The van der Waals surface area contributed by atoms with Crippen molar-refractivity contribution in [3.63, 3.8) is 0 Å². The van der Waals surface area contributed by atoms with Gasteiger partial charge in [0.1, 0.15) is 0 Å². The van der Waals surface area contributed by atoms with Crippen LogP contribution in [-0.4, -0.2) is 19.5 Å². The topological polar surface area (TPSA) is 0 Å². The Balaban J connectivity index is 0.00000900. The Morgan fingerprint density at radius 1 is 0.516 bits per heavy atom. The summed E-state index contributed by atoms with van der Waals surface area (Å²) in [7, 11) is -0.756. The van der Waals surface area contributed by atoms with Crippen molar-refractivity contribution in [2.24, 2.45) is 0 Å². The van der Waals surface area contributed by atoms with Crippen molar-refractivity contribution in [2.45, 2.75) is 129 Å². The summed E-state index contributed by atoms with van der Waals surface area (Å²) in [5, 5.41) is 0. The van der Waals surface area contributed by atoms with Crippen molar-refractivity contribution in [1.29, 1.82) is 0 Å². The van der Waals surface area contributed by atoms with Gasteiger partial charge < -0.3 is 12.4 Å². The predicted molar refractivity (Wildman–Crippen MR) is 143 cm³/mol. The highest BCUT2D eigenvalue weighted by Gasteiger charge is 2.24. The molecule has 1 rings (SSSR count). The second-order valence-corrected chi connectivity index (χ2v) is 14.9. The molecule has 0 nitrogen and oxygen atoms in total. The summed E-state index contributed by atoms with van der Waals surface area (Å²) < 4.78 is 0. The molecule has 0 heterocycles. The van der Waals surface area contributed by atoms with Crippen LogP contribution in [0.4, 0.5) is 0 Å². The number of hydrogen-bond donors (Lipinski definition) is 0. The fourth-order valence-corrected chi connectivity index (χ4v) is 7.04. The number of hydrogen-bond acceptors (Lipinski definition) is 0. The number of rotatable bonds is 21. The maximum atomic E-state index is 2.55. The van der Waals surface area contributed by atoms with E-state index in [0.717, 1.165) is 0 Å². The van der Waals surface area contributed by atoms with Crippen molar-refractivity contribution in [3.05, 3.63) is 35.9 Å². The van der Waals surface area contributed by atoms with Crippen molar-refractivity contribution in [1.82, 2.24) is 0 Å². The van der Waals surface area contributed by atoms with E-state index in [4.69, 9.17) is 0 Å². The standard InChI is InChI=1S/C29H54P.ClH/c1-4-5-6-7-8-9-10-11-12-13-14-15-16-17-18-19-20-24-27-30(2,3)28-29-25-22-21-23-26-29;/h21-23,25-26H,4-20,24,27-28H2,1-3H3;1H/q+1;/p-1. The molecule has 0 aromatic heterocycles. The largest absolute Gasteiger partial charge is 1.00 e. The Kier molecular flexibility index (Phi) is 21.7. The van der Waals surface area contributed by atoms with Crippen LogP contribution in [0.2, 0.25) is 0 Å². The summed E-state index contributed by atoms with van der Waals surface area (Å²) >= 11 is 0. The highest BCUT2D eigenvalue weighted by Crippen LogP contribution is 2.54. The Labute approximate surface area is 203 Å². The summed E-state index contributed by atoms with van der Waals surface area (Å²) in [5.74, 6) is 0. The minimum Gasteiger partial charge on any atom is -1.00 e. The molecule has 2 heteroatoms. The van der Waals surface area contributed by atoms with Crippen molar-refractivity contribution >= 4 is 7.26 Å². The average Bonchev–Trinajstić information content (AvgIpc) is 2.73. The third-order valence-electron chi connectivity index (χ3n) is 6.57. The molecule has 1 aromatic carbocycles. The maximum Gasteiger partial charge on any atom is 0.0837 e. The first-order chi connectivity index (χ1) is 14.6. The zero-order valence-corrected chi connectivity index (χ0v) is 23.0. The average molecular weight is 469 g/mol. The van der Waals surface area contributed by atoms with Crippen LogP contribution in [0.15, 0.2) is 30.3 Å². The van der Waals surface area contributed by atoms with E-state index in [9.17, 15) is 0 Å². The van der Waals surface area contributed by atoms with Gasteiger partial charge in [0.05, 0.1) is 12.3 Å². The SMILES string of the molecule is CCCCCCCCCCCCCCCCCCCC[P+](C)(C)Cc1ccccc1.[Cl-]. The van der Waals surface area contributed by atoms with Gasteiger partial charge in [-0.2, -0.15) is 0 Å². The lowest BCUT2D eigenvalue weighted by Gasteiger charge is -2.18. The van der Waals surface area contributed by atoms with E-state index < -0.39 is 7.26 Å². The number of benzene rings is 1. The molecule has 0 saturated heterocycles. The highest BCUT2D eigenvalue weighted by molar-refractivity contribution is 7.73. The molecule has 0 amide bonds. The van der Waals surface area contributed by atoms with Gasteiger partial charge in [-0.05, 0) is 18.4 Å². The molecule has 0 aliphatic rings. The Hall–Kier alpha value is -0.0600. The van der Waals surface area contributed by atoms with Gasteiger partial charge in [0.2, 0.25) is 0 Å². The first kappa shape index (κ1) is 30.9. The Bertz CT molecular complexity index is 471. The molecular formula is C29H54ClP. The third kappa shape index (κ3) is 20.3. The fourth-order valence-electron chi connectivity index (χ4n) is 4.60. The summed E-state index contributed by atoms with van der Waals surface area (Å²) in [6.07, 6.45) is 29.2. The summed E-state index contributed by atoms with van der Waals surface area (Å²) in [6, 6.07) is 11.1. The van der Waals surface area contributed by atoms with Crippen LogP contribution < -0.4 is 12.4 Å². The van der Waals surface area contributed by atoms with E-state index in [2.05, 4.69) is 50.6 Å². The van der Waals surface area contributed by atoms with E-state index in [1.54, 1.807) is 5.56 Å². The first-order valence-electron chi connectivity index (χ1n) is 13.5. The van der Waals surface area contributed by atoms with Gasteiger partial charge in [-0.1, -0.05) is 140 Å². The molecule has 0 bridgehead atoms. The normalized spacial score (nSPS) is 11.5. The van der Waals surface area contributed by atoms with E-state index in [1.165, 1.54) is 128 Å². The molecule has 182 valence electrons. The summed E-state index contributed by atoms with van der Waals surface area (Å²) in [6.45, 7) is 7.40. The van der Waals surface area contributed by atoms with E-state index >= 15 is 0 Å². The van der Waals surface area contributed by atoms with Crippen molar-refractivity contribution in [2.75, 3.05) is 19.5 Å². The molecule has 0 aliphatic heterocycles. The molecule has 0 spiro atoms. The third-order valence-corrected chi connectivity index (χ3v) is 9.32. The molecule has 1 aromatic rings. The van der Waals surface area contributed by atoms with Gasteiger partial charge >= 0.3 is 0 Å². The molecule has 0 fully saturated rings. The van der Waals surface area contributed by atoms with Gasteiger partial charge in [0.25, 0.3) is 0 Å². The molecular weight excluding hydrogens is 415 g/mol. The second kappa shape index (κ2) is 21.8. The quantitative estimate of drug-likeness (QED) is 0.129. The van der Waals surface area contributed by atoms with Crippen LogP contribution >= 0.6 is 7.26 Å². The van der Waals surface area contributed by atoms with Crippen LogP contribution in [-0.2, 0) is 6.16 Å². The predicted octanol–water partition coefficient (Wildman–Crippen LogP) is 7.51. The highest BCUT2D eigenvalue weighted by atomic mass is 35.5. The molecule has 31 heavy (non-hydrogen) atoms. The monoisotopic (exact) mass is 468 g/mol. The van der Waals surface area contributed by atoms with Gasteiger partial charge in [0.15, 0.2) is 0 Å². The fraction of sp³-hybridized carbons (Fsp3) is 0.793. The second-order valence-electron chi connectivity index (χ2n) is 10.3. The lowest BCUT2D eigenvalue weighted by molar-refractivity contribution is -0.00000678. The maximum absolute atomic E-state index is 2.55. The summed E-state index contributed by atoms with van der Waals surface area (Å²) in [4.78, 5) is 0. The van der Waals surface area contributed by atoms with Crippen LogP contribution in [0, 0.1) is 0 Å². The van der Waals surface area contributed by atoms with Crippen LogP contribution in [0.5, 0.6) is 0 Å². The molecule has 0 unspecified atom stereocenters. The Morgan fingerprint density at radius 3 is 1.26 bits per heavy atom. The molecule has 0 radical (unpaired) electrons. The van der Waals surface area contributed by atoms with E-state index in [-0.39, 0.29) is 12.4 Å². The van der Waals surface area contributed by atoms with Gasteiger partial charge in [0, 0.05) is 20.6 Å². The minimum atomic E-state index is -0.756. The van der Waals surface area contributed by atoms with Gasteiger partial charge in [-0.3, -0.25) is 0 Å². The molecule has 0 aliphatic carbocycles. The van der Waals surface area contributed by atoms with Gasteiger partial charge in [-0.15, -0.1) is 0 Å². The zero-order valence-electron chi connectivity index (χ0n) is 21.4. The molecule has 0 atom stereocenters. The number of halogens is 1. The van der Waals surface area contributed by atoms with E-state index in [0.29, 0.717) is 0 Å². The van der Waals surface area contributed by atoms with Crippen LogP contribution in [0.3, 0.4) is 0 Å². The molecule has 0 N–H and O–H groups in total.